The highest BCUT2D eigenvalue weighted by Gasteiger charge is 2.51. The summed E-state index contributed by atoms with van der Waals surface area (Å²) in [6, 6.07) is 7.36. The third-order valence-corrected chi connectivity index (χ3v) is 5.50. The van der Waals surface area contributed by atoms with E-state index < -0.39 is 17.8 Å². The number of nitriles is 1. The fraction of sp³-hybridized carbons (Fsp3) is 0.500. The smallest absolute Gasteiger partial charge is 0.159 e. The van der Waals surface area contributed by atoms with Crippen molar-refractivity contribution in [1.29, 1.82) is 5.26 Å². The molecule has 1 heterocycles. The van der Waals surface area contributed by atoms with Crippen LogP contribution < -0.4 is 4.74 Å². The number of ether oxygens (including phenoxy) is 2. The van der Waals surface area contributed by atoms with Crippen LogP contribution >= 0.6 is 0 Å². The molecular formula is C20H21NO4. The summed E-state index contributed by atoms with van der Waals surface area (Å²) >= 11 is 0. The van der Waals surface area contributed by atoms with Crippen LogP contribution in [0.3, 0.4) is 0 Å². The van der Waals surface area contributed by atoms with E-state index in [4.69, 9.17) is 9.47 Å². The van der Waals surface area contributed by atoms with Gasteiger partial charge in [0.1, 0.15) is 23.2 Å². The van der Waals surface area contributed by atoms with Crippen molar-refractivity contribution in [2.75, 3.05) is 0 Å². The first-order valence-electron chi connectivity index (χ1n) is 8.92. The lowest BCUT2D eigenvalue weighted by atomic mass is 9.75. The van der Waals surface area contributed by atoms with Crippen LogP contribution in [0.25, 0.3) is 0 Å². The summed E-state index contributed by atoms with van der Waals surface area (Å²) in [5.41, 5.74) is 0.537. The van der Waals surface area contributed by atoms with Crippen molar-refractivity contribution in [2.45, 2.75) is 62.8 Å². The summed E-state index contributed by atoms with van der Waals surface area (Å²) in [6.07, 6.45) is 5.81. The van der Waals surface area contributed by atoms with Crippen LogP contribution in [-0.4, -0.2) is 22.6 Å². The van der Waals surface area contributed by atoms with Crippen molar-refractivity contribution in [1.82, 2.24) is 0 Å². The van der Waals surface area contributed by atoms with E-state index >= 15 is 0 Å². The van der Waals surface area contributed by atoms with Crippen molar-refractivity contribution in [3.63, 3.8) is 0 Å². The van der Waals surface area contributed by atoms with Crippen LogP contribution in [0.1, 0.15) is 62.2 Å². The number of hydrogen-bond acceptors (Lipinski definition) is 5. The molecule has 0 bridgehead atoms. The predicted molar refractivity (Wildman–Crippen MR) is 89.8 cm³/mol. The third kappa shape index (κ3) is 2.81. The van der Waals surface area contributed by atoms with Gasteiger partial charge in [0.2, 0.25) is 0 Å². The highest BCUT2D eigenvalue weighted by atomic mass is 16.5. The Labute approximate surface area is 146 Å². The number of aliphatic hydroxyl groups excluding tert-OH is 1. The topological polar surface area (TPSA) is 79.5 Å². The van der Waals surface area contributed by atoms with E-state index in [1.807, 2.05) is 0 Å². The molecule has 1 aliphatic heterocycles. The Bertz CT molecular complexity index is 770. The average Bonchev–Trinajstić information content (AvgIpc) is 3.04. The first-order valence-corrected chi connectivity index (χ1v) is 8.92. The largest absolute Gasteiger partial charge is 0.487 e. The zero-order valence-electron chi connectivity index (χ0n) is 14.0. The maximum absolute atomic E-state index is 11.5. The number of allylic oxidation sites excluding steroid dienone is 2. The summed E-state index contributed by atoms with van der Waals surface area (Å²) in [6.45, 7) is 0. The van der Waals surface area contributed by atoms with Gasteiger partial charge < -0.3 is 14.6 Å². The minimum Gasteiger partial charge on any atom is -0.487 e. The van der Waals surface area contributed by atoms with Gasteiger partial charge in [0.25, 0.3) is 0 Å². The lowest BCUT2D eigenvalue weighted by Crippen LogP contribution is -2.54. The van der Waals surface area contributed by atoms with Crippen molar-refractivity contribution < 1.29 is 19.4 Å². The van der Waals surface area contributed by atoms with Crippen molar-refractivity contribution in [2.24, 2.45) is 0 Å². The Kier molecular flexibility index (Phi) is 4.01. The Hall–Kier alpha value is -2.32. The summed E-state index contributed by atoms with van der Waals surface area (Å²) < 4.78 is 12.4. The first-order chi connectivity index (χ1) is 12.1. The number of hydrogen-bond donors (Lipinski definition) is 1. The molecule has 1 aromatic carbocycles. The van der Waals surface area contributed by atoms with Gasteiger partial charge >= 0.3 is 0 Å². The fourth-order valence-electron chi connectivity index (χ4n) is 4.16. The Morgan fingerprint density at radius 2 is 2.04 bits per heavy atom. The summed E-state index contributed by atoms with van der Waals surface area (Å²) in [7, 11) is 0. The Morgan fingerprint density at radius 1 is 1.24 bits per heavy atom. The van der Waals surface area contributed by atoms with Gasteiger partial charge in [0.15, 0.2) is 11.9 Å². The number of rotatable bonds is 2. The summed E-state index contributed by atoms with van der Waals surface area (Å²) in [5.74, 6) is 1.33. The van der Waals surface area contributed by atoms with Gasteiger partial charge in [0.05, 0.1) is 11.6 Å². The van der Waals surface area contributed by atoms with Gasteiger partial charge in [-0.05, 0) is 43.9 Å². The number of carbonyl (C=O) groups is 1. The molecule has 5 nitrogen and oxygen atoms in total. The van der Waals surface area contributed by atoms with Gasteiger partial charge in [-0.3, -0.25) is 4.79 Å². The van der Waals surface area contributed by atoms with E-state index in [0.29, 0.717) is 35.5 Å². The van der Waals surface area contributed by atoms with E-state index in [2.05, 4.69) is 6.07 Å². The molecule has 5 heteroatoms. The second kappa shape index (κ2) is 6.20. The molecule has 4 rings (SSSR count). The number of carbonyl (C=O) groups excluding carboxylic acids is 1. The van der Waals surface area contributed by atoms with Gasteiger partial charge in [-0.25, -0.2) is 0 Å². The quantitative estimate of drug-likeness (QED) is 0.894. The molecule has 0 aromatic heterocycles. The van der Waals surface area contributed by atoms with Crippen molar-refractivity contribution in [3.05, 3.63) is 41.2 Å². The molecular weight excluding hydrogens is 318 g/mol. The molecule has 130 valence electrons. The number of fused-ring (bicyclic) bond motifs is 1. The van der Waals surface area contributed by atoms with E-state index in [1.165, 1.54) is 6.08 Å². The van der Waals surface area contributed by atoms with Gasteiger partial charge in [-0.1, -0.05) is 6.42 Å². The van der Waals surface area contributed by atoms with E-state index in [0.717, 1.165) is 32.1 Å². The number of nitrogens with zero attached hydrogens (tertiary/aromatic N) is 1. The first kappa shape index (κ1) is 16.2. The molecule has 0 saturated heterocycles. The lowest BCUT2D eigenvalue weighted by Gasteiger charge is -2.47. The van der Waals surface area contributed by atoms with Crippen LogP contribution in [0.2, 0.25) is 0 Å². The monoisotopic (exact) mass is 339 g/mol. The number of aliphatic hydroxyl groups is 1. The Morgan fingerprint density at radius 3 is 2.72 bits per heavy atom. The minimum atomic E-state index is -0.828. The number of benzene rings is 1. The minimum absolute atomic E-state index is 0.0509. The van der Waals surface area contributed by atoms with E-state index in [9.17, 15) is 15.2 Å². The molecule has 1 saturated carbocycles. The molecule has 2 atom stereocenters. The van der Waals surface area contributed by atoms with Crippen LogP contribution in [0.5, 0.6) is 5.75 Å². The second-order valence-corrected chi connectivity index (χ2v) is 7.15. The van der Waals surface area contributed by atoms with Gasteiger partial charge in [-0.2, -0.15) is 5.26 Å². The van der Waals surface area contributed by atoms with Crippen LogP contribution in [-0.2, 0) is 9.53 Å². The molecule has 1 fully saturated rings. The molecule has 1 N–H and O–H groups in total. The zero-order valence-corrected chi connectivity index (χ0v) is 14.0. The molecule has 1 aromatic rings. The fourth-order valence-corrected chi connectivity index (χ4v) is 4.16. The van der Waals surface area contributed by atoms with Gasteiger partial charge in [0, 0.05) is 24.5 Å². The number of ketones is 1. The molecule has 0 radical (unpaired) electrons. The van der Waals surface area contributed by atoms with Crippen LogP contribution in [0.15, 0.2) is 30.0 Å². The summed E-state index contributed by atoms with van der Waals surface area (Å²) in [4.78, 5) is 11.5. The average molecular weight is 339 g/mol. The van der Waals surface area contributed by atoms with Gasteiger partial charge in [-0.15, -0.1) is 0 Å². The summed E-state index contributed by atoms with van der Waals surface area (Å²) in [5, 5.41) is 20.3. The van der Waals surface area contributed by atoms with Crippen LogP contribution in [0, 0.1) is 11.3 Å². The predicted octanol–water partition coefficient (Wildman–Crippen LogP) is 3.32. The van der Waals surface area contributed by atoms with Crippen molar-refractivity contribution >= 4 is 5.78 Å². The molecule has 25 heavy (non-hydrogen) atoms. The van der Waals surface area contributed by atoms with Crippen molar-refractivity contribution in [3.8, 4) is 11.8 Å². The third-order valence-electron chi connectivity index (χ3n) is 5.50. The van der Waals surface area contributed by atoms with E-state index in [1.54, 1.807) is 18.2 Å². The molecule has 3 aliphatic rings. The molecule has 2 aliphatic carbocycles. The molecule has 2 unspecified atom stereocenters. The zero-order chi connectivity index (χ0) is 17.4. The Balaban J connectivity index is 1.74. The van der Waals surface area contributed by atoms with Crippen LogP contribution in [0.4, 0.5) is 0 Å². The maximum atomic E-state index is 11.5. The molecule has 1 spiro atoms. The standard InChI is InChI=1S/C20H21NO4/c21-12-13-4-7-17-16(10-13)18(24-15-6-5-14(22)11-15)19(23)20(25-17)8-2-1-3-9-20/h4,7,10-11,18-19,23H,1-3,5-6,8-9H2. The second-order valence-electron chi connectivity index (χ2n) is 7.15. The SMILES string of the molecule is N#Cc1ccc2c(c1)C(OC1=CC(=O)CC1)C(O)C1(CCCCC1)O2. The maximum Gasteiger partial charge on any atom is 0.159 e. The molecule has 0 amide bonds. The normalized spacial score (nSPS) is 27.2. The van der Waals surface area contributed by atoms with E-state index in [-0.39, 0.29) is 5.78 Å². The lowest BCUT2D eigenvalue weighted by molar-refractivity contribution is -0.150. The highest BCUT2D eigenvalue weighted by molar-refractivity contribution is 5.92. The highest BCUT2D eigenvalue weighted by Crippen LogP contribution is 2.48.